The lowest BCUT2D eigenvalue weighted by Gasteiger charge is -1.93. The second kappa shape index (κ2) is 1.59. The topological polar surface area (TPSA) is 54.4 Å². The van der Waals surface area contributed by atoms with Crippen molar-refractivity contribution in [2.24, 2.45) is 17.8 Å². The fourth-order valence-corrected chi connectivity index (χ4v) is 1.98. The molecule has 3 heteroatoms. The molecule has 0 radical (unpaired) electrons. The van der Waals surface area contributed by atoms with Crippen molar-refractivity contribution in [3.05, 3.63) is 0 Å². The van der Waals surface area contributed by atoms with E-state index in [0.717, 1.165) is 6.42 Å². The number of rotatable bonds is 1. The fourth-order valence-electron chi connectivity index (χ4n) is 1.98. The Hall–Kier alpha value is -0.860. The lowest BCUT2D eigenvalue weighted by atomic mass is 10.1. The average Bonchev–Trinajstić information content (AvgIpc) is 2.48. The minimum atomic E-state index is -0.789. The van der Waals surface area contributed by atoms with E-state index in [4.69, 9.17) is 5.11 Å². The number of carboxylic acid groups (broad SMARTS) is 1. The summed E-state index contributed by atoms with van der Waals surface area (Å²) in [6.45, 7) is 0. The lowest BCUT2D eigenvalue weighted by Crippen LogP contribution is -2.07. The first-order valence-electron chi connectivity index (χ1n) is 3.47. The third kappa shape index (κ3) is 0.549. The smallest absolute Gasteiger partial charge is 0.307 e. The number of carbonyl (C=O) groups excluding carboxylic acids is 1. The van der Waals surface area contributed by atoms with Crippen molar-refractivity contribution in [2.75, 3.05) is 0 Å². The Morgan fingerprint density at radius 1 is 1.60 bits per heavy atom. The van der Waals surface area contributed by atoms with E-state index >= 15 is 0 Å². The van der Waals surface area contributed by atoms with Gasteiger partial charge in [-0.05, 0) is 12.3 Å². The van der Waals surface area contributed by atoms with E-state index in [1.54, 1.807) is 0 Å². The van der Waals surface area contributed by atoms with Gasteiger partial charge in [0.1, 0.15) is 5.78 Å². The van der Waals surface area contributed by atoms with E-state index in [0.29, 0.717) is 6.42 Å². The van der Waals surface area contributed by atoms with Gasteiger partial charge in [0.15, 0.2) is 0 Å². The zero-order chi connectivity index (χ0) is 7.30. The summed E-state index contributed by atoms with van der Waals surface area (Å²) >= 11 is 0. The van der Waals surface area contributed by atoms with Gasteiger partial charge >= 0.3 is 5.97 Å². The molecule has 2 aliphatic carbocycles. The van der Waals surface area contributed by atoms with Crippen LogP contribution in [0, 0.1) is 17.8 Å². The Kier molecular flexibility index (Phi) is 0.938. The standard InChI is InChI=1S/C7H8O3/c8-4-2-1-3-5(4)6(3)7(9)10/h3,5-6H,1-2H2,(H,9,10)/t3-,5-,6?/m1/s1. The molecular formula is C7H8O3. The highest BCUT2D eigenvalue weighted by atomic mass is 16.4. The molecule has 1 N–H and O–H groups in total. The third-order valence-electron chi connectivity index (χ3n) is 2.55. The van der Waals surface area contributed by atoms with Crippen LogP contribution < -0.4 is 0 Å². The van der Waals surface area contributed by atoms with Gasteiger partial charge < -0.3 is 5.11 Å². The molecule has 2 saturated carbocycles. The van der Waals surface area contributed by atoms with Gasteiger partial charge in [0.25, 0.3) is 0 Å². The van der Waals surface area contributed by atoms with Gasteiger partial charge in [0.2, 0.25) is 0 Å². The van der Waals surface area contributed by atoms with Crippen LogP contribution in [0.1, 0.15) is 12.8 Å². The number of Topliss-reactive ketones (excluding diaryl/α,β-unsaturated/α-hetero) is 1. The molecule has 3 atom stereocenters. The highest BCUT2D eigenvalue weighted by molar-refractivity contribution is 5.94. The number of hydrogen-bond acceptors (Lipinski definition) is 2. The first-order valence-corrected chi connectivity index (χ1v) is 3.47. The van der Waals surface area contributed by atoms with E-state index in [9.17, 15) is 9.59 Å². The van der Waals surface area contributed by atoms with Crippen LogP contribution in [-0.2, 0) is 9.59 Å². The van der Waals surface area contributed by atoms with Crippen molar-refractivity contribution in [3.63, 3.8) is 0 Å². The van der Waals surface area contributed by atoms with Gasteiger partial charge in [0.05, 0.1) is 5.92 Å². The van der Waals surface area contributed by atoms with Gasteiger partial charge in [-0.1, -0.05) is 0 Å². The summed E-state index contributed by atoms with van der Waals surface area (Å²) in [6.07, 6.45) is 1.42. The van der Waals surface area contributed by atoms with Crippen LogP contribution in [0.15, 0.2) is 0 Å². The summed E-state index contributed by atoms with van der Waals surface area (Å²) in [5.74, 6) is -0.843. The molecule has 0 aromatic heterocycles. The van der Waals surface area contributed by atoms with Crippen molar-refractivity contribution >= 4 is 11.8 Å². The predicted molar refractivity (Wildman–Crippen MR) is 32.3 cm³/mol. The summed E-state index contributed by atoms with van der Waals surface area (Å²) in [4.78, 5) is 21.2. The monoisotopic (exact) mass is 140 g/mol. The number of hydrogen-bond donors (Lipinski definition) is 1. The summed E-state index contributed by atoms with van der Waals surface area (Å²) < 4.78 is 0. The molecule has 0 aromatic rings. The van der Waals surface area contributed by atoms with E-state index in [1.807, 2.05) is 0 Å². The Balaban J connectivity index is 2.12. The van der Waals surface area contributed by atoms with Gasteiger partial charge in [-0.2, -0.15) is 0 Å². The van der Waals surface area contributed by atoms with E-state index in [1.165, 1.54) is 0 Å². The van der Waals surface area contributed by atoms with Crippen LogP contribution in [0.4, 0.5) is 0 Å². The minimum Gasteiger partial charge on any atom is -0.481 e. The van der Waals surface area contributed by atoms with Crippen molar-refractivity contribution in [1.29, 1.82) is 0 Å². The Bertz CT molecular complexity index is 205. The first-order chi connectivity index (χ1) is 4.72. The summed E-state index contributed by atoms with van der Waals surface area (Å²) in [5.41, 5.74) is 0. The van der Waals surface area contributed by atoms with Crippen molar-refractivity contribution in [2.45, 2.75) is 12.8 Å². The molecule has 0 aromatic carbocycles. The highest BCUT2D eigenvalue weighted by Gasteiger charge is 2.61. The van der Waals surface area contributed by atoms with E-state index < -0.39 is 5.97 Å². The van der Waals surface area contributed by atoms with E-state index in [2.05, 4.69) is 0 Å². The molecule has 0 saturated heterocycles. The number of carboxylic acids is 1. The minimum absolute atomic E-state index is 0.0995. The molecule has 54 valence electrons. The molecule has 1 unspecified atom stereocenters. The molecule has 2 aliphatic rings. The average molecular weight is 140 g/mol. The molecule has 0 aliphatic heterocycles. The molecule has 0 spiro atoms. The van der Waals surface area contributed by atoms with E-state index in [-0.39, 0.29) is 23.5 Å². The zero-order valence-electron chi connectivity index (χ0n) is 5.41. The van der Waals surface area contributed by atoms with Gasteiger partial charge in [-0.15, -0.1) is 0 Å². The maximum Gasteiger partial charge on any atom is 0.307 e. The molecule has 3 nitrogen and oxygen atoms in total. The number of ketones is 1. The largest absolute Gasteiger partial charge is 0.481 e. The second-order valence-electron chi connectivity index (χ2n) is 3.06. The summed E-state index contributed by atoms with van der Waals surface area (Å²) in [7, 11) is 0. The Labute approximate surface area is 58.0 Å². The molecule has 0 amide bonds. The SMILES string of the molecule is O=C(O)C1[C@H]2C(=O)CC[C@@H]12. The Morgan fingerprint density at radius 3 is 2.60 bits per heavy atom. The van der Waals surface area contributed by atoms with Crippen LogP contribution in [0.25, 0.3) is 0 Å². The van der Waals surface area contributed by atoms with Crippen LogP contribution in [0.2, 0.25) is 0 Å². The highest BCUT2D eigenvalue weighted by Crippen LogP contribution is 2.55. The maximum absolute atomic E-state index is 10.9. The maximum atomic E-state index is 10.9. The number of fused-ring (bicyclic) bond motifs is 1. The molecule has 0 heterocycles. The Morgan fingerprint density at radius 2 is 2.30 bits per heavy atom. The normalized spacial score (nSPS) is 43.2. The lowest BCUT2D eigenvalue weighted by molar-refractivity contribution is -0.140. The van der Waals surface area contributed by atoms with Crippen LogP contribution >= 0.6 is 0 Å². The fraction of sp³-hybridized carbons (Fsp3) is 0.714. The van der Waals surface area contributed by atoms with Gasteiger partial charge in [-0.25, -0.2) is 0 Å². The number of carbonyl (C=O) groups is 2. The molecule has 0 bridgehead atoms. The van der Waals surface area contributed by atoms with Gasteiger partial charge in [0, 0.05) is 12.3 Å². The molecule has 2 fully saturated rings. The summed E-state index contributed by atoms with van der Waals surface area (Å²) in [5, 5.41) is 8.52. The summed E-state index contributed by atoms with van der Waals surface area (Å²) in [6, 6.07) is 0. The van der Waals surface area contributed by atoms with Crippen molar-refractivity contribution < 1.29 is 14.7 Å². The quantitative estimate of drug-likeness (QED) is 0.569. The molecular weight excluding hydrogens is 132 g/mol. The number of aliphatic carboxylic acids is 1. The van der Waals surface area contributed by atoms with Crippen LogP contribution in [0.3, 0.4) is 0 Å². The third-order valence-corrected chi connectivity index (χ3v) is 2.55. The van der Waals surface area contributed by atoms with Crippen LogP contribution in [0.5, 0.6) is 0 Å². The first kappa shape index (κ1) is 5.89. The van der Waals surface area contributed by atoms with Crippen molar-refractivity contribution in [3.8, 4) is 0 Å². The van der Waals surface area contributed by atoms with Crippen LogP contribution in [-0.4, -0.2) is 16.9 Å². The molecule has 10 heavy (non-hydrogen) atoms. The molecule has 2 rings (SSSR count). The predicted octanol–water partition coefficient (Wildman–Crippen LogP) is 0.296. The van der Waals surface area contributed by atoms with Gasteiger partial charge in [-0.3, -0.25) is 9.59 Å². The second-order valence-corrected chi connectivity index (χ2v) is 3.06. The zero-order valence-corrected chi connectivity index (χ0v) is 5.41. The van der Waals surface area contributed by atoms with Crippen molar-refractivity contribution in [1.82, 2.24) is 0 Å².